The molecule has 0 spiro atoms. The second-order valence-electron chi connectivity index (χ2n) is 4.21. The Bertz CT molecular complexity index is 347. The highest BCUT2D eigenvalue weighted by Crippen LogP contribution is 2.16. The lowest BCUT2D eigenvalue weighted by molar-refractivity contribution is -0.149. The molecule has 6 heteroatoms. The van der Waals surface area contributed by atoms with Crippen LogP contribution >= 0.6 is 0 Å². The number of carboxylic acids is 2. The van der Waals surface area contributed by atoms with E-state index in [1.54, 1.807) is 0 Å². The fourth-order valence-electron chi connectivity index (χ4n) is 1.46. The van der Waals surface area contributed by atoms with E-state index in [0.717, 1.165) is 19.3 Å². The normalized spacial score (nSPS) is 11.6. The van der Waals surface area contributed by atoms with Crippen LogP contribution in [0.15, 0.2) is 12.2 Å². The minimum atomic E-state index is -1.44. The second-order valence-corrected chi connectivity index (χ2v) is 4.21. The van der Waals surface area contributed by atoms with Gasteiger partial charge >= 0.3 is 17.9 Å². The van der Waals surface area contributed by atoms with Gasteiger partial charge in [0.15, 0.2) is 0 Å². The lowest BCUT2D eigenvalue weighted by atomic mass is 9.97. The van der Waals surface area contributed by atoms with Crippen molar-refractivity contribution < 1.29 is 29.3 Å². The maximum absolute atomic E-state index is 11.5. The first-order chi connectivity index (χ1) is 8.90. The highest BCUT2D eigenvalue weighted by molar-refractivity contribution is 5.96. The number of ether oxygens (including phenoxy) is 1. The lowest BCUT2D eigenvalue weighted by Crippen LogP contribution is -2.25. The summed E-state index contributed by atoms with van der Waals surface area (Å²) in [5, 5.41) is 17.4. The van der Waals surface area contributed by atoms with Crippen LogP contribution in [0, 0.1) is 5.92 Å². The highest BCUT2D eigenvalue weighted by Gasteiger charge is 2.29. The van der Waals surface area contributed by atoms with Crippen LogP contribution in [0.5, 0.6) is 0 Å². The number of hydrogen-bond donors (Lipinski definition) is 2. The zero-order valence-corrected chi connectivity index (χ0v) is 11.1. The van der Waals surface area contributed by atoms with Crippen LogP contribution in [0.1, 0.15) is 39.0 Å². The van der Waals surface area contributed by atoms with E-state index in [0.29, 0.717) is 6.42 Å². The van der Waals surface area contributed by atoms with Gasteiger partial charge in [0.05, 0.1) is 18.9 Å². The molecule has 0 rings (SSSR count). The van der Waals surface area contributed by atoms with E-state index in [4.69, 9.17) is 14.9 Å². The van der Waals surface area contributed by atoms with Gasteiger partial charge in [-0.25, -0.2) is 4.79 Å². The van der Waals surface area contributed by atoms with Crippen LogP contribution in [0.25, 0.3) is 0 Å². The molecule has 6 nitrogen and oxygen atoms in total. The summed E-state index contributed by atoms with van der Waals surface area (Å²) in [5.41, 5.74) is -0.328. The monoisotopic (exact) mass is 272 g/mol. The van der Waals surface area contributed by atoms with Gasteiger partial charge in [0.25, 0.3) is 0 Å². The van der Waals surface area contributed by atoms with Crippen LogP contribution in [0.2, 0.25) is 0 Å². The molecule has 0 bridgehead atoms. The van der Waals surface area contributed by atoms with Crippen LogP contribution in [0.3, 0.4) is 0 Å². The Balaban J connectivity index is 4.24. The molecule has 0 amide bonds. The molecular formula is C13H20O6. The van der Waals surface area contributed by atoms with E-state index < -0.39 is 30.2 Å². The van der Waals surface area contributed by atoms with E-state index in [2.05, 4.69) is 13.5 Å². The van der Waals surface area contributed by atoms with Gasteiger partial charge in [0, 0.05) is 5.57 Å². The Kier molecular flexibility index (Phi) is 8.24. The molecular weight excluding hydrogens is 252 g/mol. The maximum Gasteiger partial charge on any atom is 0.334 e. The SMILES string of the molecule is C=C(C(=O)OCCCCCC)C(CC(=O)O)C(=O)O. The summed E-state index contributed by atoms with van der Waals surface area (Å²) < 4.78 is 4.87. The molecule has 0 saturated heterocycles. The average Bonchev–Trinajstić information content (AvgIpc) is 2.34. The van der Waals surface area contributed by atoms with Gasteiger partial charge in [-0.1, -0.05) is 32.8 Å². The number of rotatable bonds is 10. The first kappa shape index (κ1) is 17.2. The number of carbonyl (C=O) groups excluding carboxylic acids is 1. The van der Waals surface area contributed by atoms with Crippen molar-refractivity contribution in [3.63, 3.8) is 0 Å². The molecule has 0 aromatic carbocycles. The molecule has 19 heavy (non-hydrogen) atoms. The summed E-state index contributed by atoms with van der Waals surface area (Å²) in [6.07, 6.45) is 3.03. The summed E-state index contributed by atoms with van der Waals surface area (Å²) in [4.78, 5) is 32.9. The minimum absolute atomic E-state index is 0.192. The molecule has 0 aliphatic carbocycles. The highest BCUT2D eigenvalue weighted by atomic mass is 16.5. The fourth-order valence-corrected chi connectivity index (χ4v) is 1.46. The van der Waals surface area contributed by atoms with E-state index in [9.17, 15) is 14.4 Å². The van der Waals surface area contributed by atoms with Crippen molar-refractivity contribution in [2.75, 3.05) is 6.61 Å². The number of unbranched alkanes of at least 4 members (excludes halogenated alkanes) is 3. The van der Waals surface area contributed by atoms with Crippen molar-refractivity contribution in [1.82, 2.24) is 0 Å². The Labute approximate surface area is 112 Å². The third-order valence-corrected chi connectivity index (χ3v) is 2.59. The first-order valence-electron chi connectivity index (χ1n) is 6.20. The number of hydrogen-bond acceptors (Lipinski definition) is 4. The molecule has 0 aromatic heterocycles. The summed E-state index contributed by atoms with van der Waals surface area (Å²) in [6.45, 7) is 5.57. The summed E-state index contributed by atoms with van der Waals surface area (Å²) in [7, 11) is 0. The van der Waals surface area contributed by atoms with E-state index in [-0.39, 0.29) is 12.2 Å². The third kappa shape index (κ3) is 7.23. The van der Waals surface area contributed by atoms with Gasteiger partial charge in [-0.15, -0.1) is 0 Å². The smallest absolute Gasteiger partial charge is 0.334 e. The Hall–Kier alpha value is -1.85. The lowest BCUT2D eigenvalue weighted by Gasteiger charge is -2.12. The molecule has 0 aliphatic heterocycles. The first-order valence-corrected chi connectivity index (χ1v) is 6.20. The predicted molar refractivity (Wildman–Crippen MR) is 67.6 cm³/mol. The van der Waals surface area contributed by atoms with E-state index in [1.165, 1.54) is 0 Å². The van der Waals surface area contributed by atoms with Crippen LogP contribution in [-0.4, -0.2) is 34.7 Å². The van der Waals surface area contributed by atoms with Crippen LogP contribution < -0.4 is 0 Å². The molecule has 108 valence electrons. The predicted octanol–water partition coefficient (Wildman–Crippen LogP) is 1.84. The average molecular weight is 272 g/mol. The van der Waals surface area contributed by atoms with Crippen molar-refractivity contribution in [2.24, 2.45) is 5.92 Å². The largest absolute Gasteiger partial charge is 0.481 e. The number of esters is 1. The summed E-state index contributed by atoms with van der Waals surface area (Å²) in [6, 6.07) is 0. The number of carboxylic acid groups (broad SMARTS) is 2. The minimum Gasteiger partial charge on any atom is -0.481 e. The van der Waals surface area contributed by atoms with Gasteiger partial charge in [-0.3, -0.25) is 9.59 Å². The van der Waals surface area contributed by atoms with E-state index in [1.807, 2.05) is 0 Å². The Morgan fingerprint density at radius 1 is 1.16 bits per heavy atom. The molecule has 2 N–H and O–H groups in total. The van der Waals surface area contributed by atoms with Gasteiger partial charge in [-0.2, -0.15) is 0 Å². The van der Waals surface area contributed by atoms with Crippen molar-refractivity contribution in [3.8, 4) is 0 Å². The van der Waals surface area contributed by atoms with Gasteiger partial charge in [0.1, 0.15) is 0 Å². The molecule has 1 unspecified atom stereocenters. The molecule has 0 heterocycles. The van der Waals surface area contributed by atoms with Crippen molar-refractivity contribution in [3.05, 3.63) is 12.2 Å². The zero-order valence-electron chi connectivity index (χ0n) is 11.1. The molecule has 0 aliphatic rings. The van der Waals surface area contributed by atoms with Crippen molar-refractivity contribution in [1.29, 1.82) is 0 Å². The maximum atomic E-state index is 11.5. The molecule has 0 fully saturated rings. The topological polar surface area (TPSA) is 101 Å². The van der Waals surface area contributed by atoms with Crippen LogP contribution in [-0.2, 0) is 19.1 Å². The van der Waals surface area contributed by atoms with E-state index >= 15 is 0 Å². The molecule has 0 saturated carbocycles. The summed E-state index contributed by atoms with van der Waals surface area (Å²) >= 11 is 0. The second kappa shape index (κ2) is 9.13. The third-order valence-electron chi connectivity index (χ3n) is 2.59. The fraction of sp³-hybridized carbons (Fsp3) is 0.615. The molecule has 0 radical (unpaired) electrons. The van der Waals surface area contributed by atoms with Crippen LogP contribution in [0.4, 0.5) is 0 Å². The Morgan fingerprint density at radius 2 is 1.79 bits per heavy atom. The standard InChI is InChI=1S/C13H20O6/c1-3-4-5-6-7-19-13(18)9(2)10(12(16)17)8-11(14)15/h10H,2-8H2,1H3,(H,14,15)(H,16,17). The van der Waals surface area contributed by atoms with Crippen molar-refractivity contribution >= 4 is 17.9 Å². The van der Waals surface area contributed by atoms with Gasteiger partial charge in [0.2, 0.25) is 0 Å². The van der Waals surface area contributed by atoms with Crippen molar-refractivity contribution in [2.45, 2.75) is 39.0 Å². The number of carbonyl (C=O) groups is 3. The van der Waals surface area contributed by atoms with Gasteiger partial charge in [-0.05, 0) is 6.42 Å². The Morgan fingerprint density at radius 3 is 2.26 bits per heavy atom. The molecule has 0 aromatic rings. The molecule has 1 atom stereocenters. The quantitative estimate of drug-likeness (QED) is 0.357. The van der Waals surface area contributed by atoms with Gasteiger partial charge < -0.3 is 14.9 Å². The zero-order chi connectivity index (χ0) is 14.8. The number of aliphatic carboxylic acids is 2. The summed E-state index contributed by atoms with van der Waals surface area (Å²) in [5.74, 6) is -4.98.